The second-order valence-electron chi connectivity index (χ2n) is 10.2. The molecule has 0 heterocycles. The summed E-state index contributed by atoms with van der Waals surface area (Å²) in [5, 5.41) is 3.46. The Hall–Kier alpha value is -3.36. The highest BCUT2D eigenvalue weighted by Gasteiger charge is 2.33. The van der Waals surface area contributed by atoms with Crippen LogP contribution in [0.5, 0.6) is 0 Å². The largest absolute Gasteiger partial charge is 0.350 e. The molecule has 3 rings (SSSR count). The van der Waals surface area contributed by atoms with Crippen LogP contribution in [0.3, 0.4) is 0 Å². The highest BCUT2D eigenvalue weighted by Crippen LogP contribution is 2.27. The van der Waals surface area contributed by atoms with Crippen LogP contribution in [0.15, 0.2) is 83.8 Å². The number of nitrogens with one attached hydrogen (secondary N) is 1. The van der Waals surface area contributed by atoms with Gasteiger partial charge in [-0.25, -0.2) is 8.42 Å². The summed E-state index contributed by atoms with van der Waals surface area (Å²) in [5.41, 5.74) is 1.33. The monoisotopic (exact) mass is 555 g/mol. The number of carbonyl (C=O) groups excluding carboxylic acids is 2. The van der Waals surface area contributed by atoms with E-state index in [0.717, 1.165) is 9.87 Å². The number of aryl methyl sites for hydroxylation is 1. The Morgan fingerprint density at radius 1 is 0.921 bits per heavy atom. The lowest BCUT2D eigenvalue weighted by molar-refractivity contribution is -0.140. The van der Waals surface area contributed by atoms with Gasteiger partial charge < -0.3 is 10.2 Å². The smallest absolute Gasteiger partial charge is 0.264 e. The maximum Gasteiger partial charge on any atom is 0.264 e. The first-order chi connectivity index (χ1) is 17.8. The number of benzene rings is 3. The first-order valence-electron chi connectivity index (χ1n) is 12.3. The molecule has 0 bridgehead atoms. The number of para-hydroxylation sites is 1. The van der Waals surface area contributed by atoms with Gasteiger partial charge in [0.25, 0.3) is 10.0 Å². The molecule has 0 saturated heterocycles. The summed E-state index contributed by atoms with van der Waals surface area (Å²) in [6, 6.07) is 21.1. The molecule has 1 atom stereocenters. The third-order valence-electron chi connectivity index (χ3n) is 5.93. The third-order valence-corrected chi connectivity index (χ3v) is 7.95. The zero-order valence-corrected chi connectivity index (χ0v) is 23.9. The van der Waals surface area contributed by atoms with Crippen LogP contribution in [0.4, 0.5) is 5.69 Å². The van der Waals surface area contributed by atoms with Crippen LogP contribution in [0, 0.1) is 6.92 Å². The van der Waals surface area contributed by atoms with E-state index in [-0.39, 0.29) is 17.3 Å². The molecule has 9 heteroatoms. The Morgan fingerprint density at radius 2 is 1.50 bits per heavy atom. The minimum Gasteiger partial charge on any atom is -0.350 e. The fourth-order valence-electron chi connectivity index (χ4n) is 3.92. The average Bonchev–Trinajstić information content (AvgIpc) is 2.86. The fourth-order valence-corrected chi connectivity index (χ4v) is 5.55. The molecule has 0 aliphatic heterocycles. The highest BCUT2D eigenvalue weighted by atomic mass is 35.5. The number of hydrogen-bond acceptors (Lipinski definition) is 4. The number of rotatable bonds is 9. The second kappa shape index (κ2) is 12.0. The van der Waals surface area contributed by atoms with Gasteiger partial charge in [-0.1, -0.05) is 60.1 Å². The minimum atomic E-state index is -4.09. The van der Waals surface area contributed by atoms with Gasteiger partial charge in [0.1, 0.15) is 12.6 Å². The van der Waals surface area contributed by atoms with Crippen molar-refractivity contribution in [2.24, 2.45) is 0 Å². The van der Waals surface area contributed by atoms with Gasteiger partial charge in [-0.2, -0.15) is 0 Å². The minimum absolute atomic E-state index is 0.0684. The van der Waals surface area contributed by atoms with Crippen molar-refractivity contribution in [2.75, 3.05) is 10.8 Å². The quantitative estimate of drug-likeness (QED) is 0.394. The molecule has 0 fully saturated rings. The van der Waals surface area contributed by atoms with E-state index < -0.39 is 34.1 Å². The summed E-state index contributed by atoms with van der Waals surface area (Å²) in [6.07, 6.45) is 0. The maximum atomic E-state index is 13.9. The summed E-state index contributed by atoms with van der Waals surface area (Å²) < 4.78 is 28.7. The van der Waals surface area contributed by atoms with Gasteiger partial charge in [0.05, 0.1) is 10.6 Å². The number of amides is 2. The molecule has 38 heavy (non-hydrogen) atoms. The van der Waals surface area contributed by atoms with Gasteiger partial charge in [-0.3, -0.25) is 13.9 Å². The number of anilines is 1. The van der Waals surface area contributed by atoms with Gasteiger partial charge in [0.15, 0.2) is 0 Å². The average molecular weight is 556 g/mol. The Kier molecular flexibility index (Phi) is 9.22. The molecule has 2 amide bonds. The molecule has 0 saturated carbocycles. The molecule has 7 nitrogen and oxygen atoms in total. The predicted octanol–water partition coefficient (Wildman–Crippen LogP) is 5.18. The van der Waals surface area contributed by atoms with E-state index in [2.05, 4.69) is 5.32 Å². The molecule has 3 aromatic carbocycles. The molecule has 1 N–H and O–H groups in total. The van der Waals surface area contributed by atoms with Crippen LogP contribution in [-0.2, 0) is 26.2 Å². The van der Waals surface area contributed by atoms with Crippen LogP contribution < -0.4 is 9.62 Å². The van der Waals surface area contributed by atoms with E-state index >= 15 is 0 Å². The SMILES string of the molecule is Cc1ccccc1N(CC(=O)N(Cc1ccc(Cl)cc1)[C@@H](C)C(=O)NC(C)(C)C)S(=O)(=O)c1ccccc1. The van der Waals surface area contributed by atoms with Crippen molar-refractivity contribution in [3.05, 3.63) is 95.0 Å². The fraction of sp³-hybridized carbons (Fsp3) is 0.310. The van der Waals surface area contributed by atoms with Crippen molar-refractivity contribution in [1.82, 2.24) is 10.2 Å². The number of halogens is 1. The van der Waals surface area contributed by atoms with Gasteiger partial charge in [-0.15, -0.1) is 0 Å². The van der Waals surface area contributed by atoms with Crippen LogP contribution in [-0.4, -0.2) is 43.3 Å². The van der Waals surface area contributed by atoms with Gasteiger partial charge in [0, 0.05) is 17.1 Å². The van der Waals surface area contributed by atoms with Crippen molar-refractivity contribution in [1.29, 1.82) is 0 Å². The molecular weight excluding hydrogens is 522 g/mol. The number of nitrogens with zero attached hydrogens (tertiary/aromatic N) is 2. The van der Waals surface area contributed by atoms with Crippen molar-refractivity contribution in [2.45, 2.75) is 57.6 Å². The van der Waals surface area contributed by atoms with Crippen LogP contribution in [0.25, 0.3) is 0 Å². The molecule has 3 aromatic rings. The lowest BCUT2D eigenvalue weighted by Crippen LogP contribution is -2.54. The summed E-state index contributed by atoms with van der Waals surface area (Å²) >= 11 is 6.04. The lowest BCUT2D eigenvalue weighted by atomic mass is 10.1. The van der Waals surface area contributed by atoms with E-state index in [1.165, 1.54) is 17.0 Å². The Labute approximate surface area is 230 Å². The molecule has 0 aliphatic rings. The highest BCUT2D eigenvalue weighted by molar-refractivity contribution is 7.92. The van der Waals surface area contributed by atoms with Crippen LogP contribution >= 0.6 is 11.6 Å². The normalized spacial score (nSPS) is 12.5. The van der Waals surface area contributed by atoms with E-state index in [4.69, 9.17) is 11.6 Å². The lowest BCUT2D eigenvalue weighted by Gasteiger charge is -2.33. The van der Waals surface area contributed by atoms with Crippen LogP contribution in [0.2, 0.25) is 5.02 Å². The first kappa shape index (κ1) is 29.2. The van der Waals surface area contributed by atoms with E-state index in [0.29, 0.717) is 16.3 Å². The predicted molar refractivity (Wildman–Crippen MR) is 152 cm³/mol. The molecule has 0 spiro atoms. The van der Waals surface area contributed by atoms with Crippen molar-refractivity contribution in [3.63, 3.8) is 0 Å². The third kappa shape index (κ3) is 7.36. The maximum absolute atomic E-state index is 13.9. The summed E-state index contributed by atoms with van der Waals surface area (Å²) in [6.45, 7) is 8.61. The molecule has 202 valence electrons. The molecule has 0 aliphatic carbocycles. The van der Waals surface area contributed by atoms with Crippen molar-refractivity contribution in [3.8, 4) is 0 Å². The number of carbonyl (C=O) groups is 2. The van der Waals surface area contributed by atoms with E-state index in [1.807, 2.05) is 20.8 Å². The summed E-state index contributed by atoms with van der Waals surface area (Å²) in [7, 11) is -4.09. The Morgan fingerprint density at radius 3 is 2.08 bits per heavy atom. The van der Waals surface area contributed by atoms with Crippen molar-refractivity contribution >= 4 is 39.1 Å². The molecule has 0 aromatic heterocycles. The molecule has 0 radical (unpaired) electrons. The van der Waals surface area contributed by atoms with Crippen molar-refractivity contribution < 1.29 is 18.0 Å². The van der Waals surface area contributed by atoms with Gasteiger partial charge in [0.2, 0.25) is 11.8 Å². The summed E-state index contributed by atoms with van der Waals surface area (Å²) in [5.74, 6) is -0.854. The Balaban J connectivity index is 2.03. The zero-order valence-electron chi connectivity index (χ0n) is 22.3. The number of sulfonamides is 1. The zero-order chi connectivity index (χ0) is 28.1. The van der Waals surface area contributed by atoms with E-state index in [9.17, 15) is 18.0 Å². The first-order valence-corrected chi connectivity index (χ1v) is 14.1. The Bertz CT molecular complexity index is 1370. The number of hydrogen-bond donors (Lipinski definition) is 1. The second-order valence-corrected chi connectivity index (χ2v) is 12.5. The summed E-state index contributed by atoms with van der Waals surface area (Å²) in [4.78, 5) is 28.5. The standard InChI is InChI=1S/C29H34ClN3O4S/c1-21-11-9-10-14-26(21)33(38(36,37)25-12-7-6-8-13-25)20-27(34)32(19-23-15-17-24(30)18-16-23)22(2)28(35)31-29(3,4)5/h6-18,22H,19-20H2,1-5H3,(H,31,35)/t22-/m0/s1. The molecule has 0 unspecified atom stereocenters. The van der Waals surface area contributed by atoms with Gasteiger partial charge >= 0.3 is 0 Å². The van der Waals surface area contributed by atoms with Crippen LogP contribution in [0.1, 0.15) is 38.8 Å². The molecular formula is C29H34ClN3O4S. The van der Waals surface area contributed by atoms with E-state index in [1.54, 1.807) is 80.6 Å². The topological polar surface area (TPSA) is 86.8 Å². The van der Waals surface area contributed by atoms with Gasteiger partial charge in [-0.05, 0) is 76.1 Å².